The minimum atomic E-state index is -0.335. The molecule has 1 aliphatic heterocycles. The van der Waals surface area contributed by atoms with E-state index < -0.39 is 0 Å². The van der Waals surface area contributed by atoms with Gasteiger partial charge in [0.15, 0.2) is 0 Å². The number of aryl methyl sites for hydroxylation is 1. The van der Waals surface area contributed by atoms with Gasteiger partial charge in [0.1, 0.15) is 11.0 Å². The van der Waals surface area contributed by atoms with Gasteiger partial charge in [0.05, 0.1) is 12.8 Å². The smallest absolute Gasteiger partial charge is 0.286 e. The summed E-state index contributed by atoms with van der Waals surface area (Å²) in [6.45, 7) is 2.83. The Morgan fingerprint density at radius 2 is 2.33 bits per heavy atom. The van der Waals surface area contributed by atoms with Crippen molar-refractivity contribution in [3.8, 4) is 5.75 Å². The summed E-state index contributed by atoms with van der Waals surface area (Å²) < 4.78 is 5.67. The molecule has 1 fully saturated rings. The summed E-state index contributed by atoms with van der Waals surface area (Å²) in [5, 5.41) is 1.77. The van der Waals surface area contributed by atoms with Crippen LogP contribution in [0, 0.1) is 0 Å². The van der Waals surface area contributed by atoms with Crippen LogP contribution in [0.2, 0.25) is 0 Å². The van der Waals surface area contributed by atoms with E-state index in [-0.39, 0.29) is 22.3 Å². The topological polar surface area (TPSA) is 68.3 Å². The third-order valence-corrected chi connectivity index (χ3v) is 5.01. The molecule has 0 bridgehead atoms. The van der Waals surface area contributed by atoms with Gasteiger partial charge < -0.3 is 4.74 Å². The molecule has 0 saturated carbocycles. The molecule has 5 nitrogen and oxygen atoms in total. The molecule has 0 spiro atoms. The molecule has 21 heavy (non-hydrogen) atoms. The highest BCUT2D eigenvalue weighted by Gasteiger charge is 2.42. The summed E-state index contributed by atoms with van der Waals surface area (Å²) >= 11 is 1.08. The fourth-order valence-electron chi connectivity index (χ4n) is 2.82. The first-order valence-corrected chi connectivity index (χ1v) is 8.20. The average Bonchev–Trinajstić information content (AvgIpc) is 3.01. The highest BCUT2D eigenvalue weighted by atomic mass is 32.2. The second-order valence-corrected chi connectivity index (χ2v) is 6.49. The van der Waals surface area contributed by atoms with Gasteiger partial charge >= 0.3 is 0 Å². The third kappa shape index (κ3) is 2.90. The maximum atomic E-state index is 11.8. The molecule has 1 aromatic heterocycles. The lowest BCUT2D eigenvalue weighted by atomic mass is 10.0. The molecule has 0 aromatic carbocycles. The molecular weight excluding hydrogens is 288 g/mol. The molecule has 1 aromatic rings. The fraction of sp³-hybridized carbons (Fsp3) is 0.533. The first-order valence-electron chi connectivity index (χ1n) is 7.32. The number of amides is 2. The molecule has 6 heteroatoms. The Kier molecular flexibility index (Phi) is 4.14. The molecule has 112 valence electrons. The van der Waals surface area contributed by atoms with Crippen molar-refractivity contribution in [2.45, 2.75) is 43.8 Å². The molecule has 2 atom stereocenters. The number of carbonyl (C=O) groups excluding carboxylic acids is 2. The summed E-state index contributed by atoms with van der Waals surface area (Å²) in [4.78, 5) is 27.6. The summed E-state index contributed by atoms with van der Waals surface area (Å²) in [6.07, 6.45) is 5.60. The lowest BCUT2D eigenvalue weighted by molar-refractivity contribution is -0.119. The summed E-state index contributed by atoms with van der Waals surface area (Å²) in [7, 11) is 0. The summed E-state index contributed by atoms with van der Waals surface area (Å²) in [5.41, 5.74) is 2.09. The van der Waals surface area contributed by atoms with E-state index in [0.29, 0.717) is 6.61 Å². The van der Waals surface area contributed by atoms with Gasteiger partial charge in [0, 0.05) is 11.6 Å². The van der Waals surface area contributed by atoms with Gasteiger partial charge in [-0.05, 0) is 30.9 Å². The van der Waals surface area contributed by atoms with Crippen molar-refractivity contribution in [1.82, 2.24) is 10.3 Å². The first kappa shape index (κ1) is 14.4. The number of hydrogen-bond acceptors (Lipinski definition) is 5. The Morgan fingerprint density at radius 1 is 1.48 bits per heavy atom. The van der Waals surface area contributed by atoms with Gasteiger partial charge in [-0.25, -0.2) is 0 Å². The lowest BCUT2D eigenvalue weighted by Gasteiger charge is -2.14. The van der Waals surface area contributed by atoms with Gasteiger partial charge in [-0.3, -0.25) is 19.9 Å². The largest absolute Gasteiger partial charge is 0.492 e. The van der Waals surface area contributed by atoms with E-state index in [2.05, 4.69) is 17.2 Å². The SMILES string of the molecule is CCCCOc1cnc2c(c1)CC[C@H]2C1SC(=O)NC1=O. The molecule has 2 heterocycles. The maximum Gasteiger partial charge on any atom is 0.286 e. The minimum Gasteiger partial charge on any atom is -0.492 e. The highest BCUT2D eigenvalue weighted by Crippen LogP contribution is 2.41. The predicted octanol–water partition coefficient (Wildman–Crippen LogP) is 2.64. The van der Waals surface area contributed by atoms with E-state index in [1.807, 2.05) is 6.07 Å². The van der Waals surface area contributed by atoms with E-state index in [1.54, 1.807) is 6.20 Å². The Morgan fingerprint density at radius 3 is 3.05 bits per heavy atom. The lowest BCUT2D eigenvalue weighted by Crippen LogP contribution is -2.28. The maximum absolute atomic E-state index is 11.8. The van der Waals surface area contributed by atoms with E-state index in [0.717, 1.165) is 54.5 Å². The van der Waals surface area contributed by atoms with Crippen molar-refractivity contribution < 1.29 is 14.3 Å². The van der Waals surface area contributed by atoms with Crippen LogP contribution in [-0.2, 0) is 11.2 Å². The Balaban J connectivity index is 1.74. The number of nitrogens with zero attached hydrogens (tertiary/aromatic N) is 1. The molecule has 1 unspecified atom stereocenters. The van der Waals surface area contributed by atoms with Crippen LogP contribution in [0.3, 0.4) is 0 Å². The van der Waals surface area contributed by atoms with Crippen LogP contribution in [-0.4, -0.2) is 28.0 Å². The summed E-state index contributed by atoms with van der Waals surface area (Å²) in [6, 6.07) is 2.03. The Hall–Kier alpha value is -1.56. The fourth-order valence-corrected chi connectivity index (χ4v) is 3.81. The number of ether oxygens (including phenoxy) is 1. The number of fused-ring (bicyclic) bond motifs is 1. The number of pyridine rings is 1. The van der Waals surface area contributed by atoms with E-state index in [4.69, 9.17) is 4.74 Å². The van der Waals surface area contributed by atoms with Gasteiger partial charge in [0.2, 0.25) is 5.91 Å². The quantitative estimate of drug-likeness (QED) is 0.847. The Labute approximate surface area is 127 Å². The van der Waals surface area contributed by atoms with Gasteiger partial charge in [-0.15, -0.1) is 0 Å². The van der Waals surface area contributed by atoms with Crippen LogP contribution in [0.5, 0.6) is 5.75 Å². The second kappa shape index (κ2) is 6.05. The van der Waals surface area contributed by atoms with Crippen molar-refractivity contribution >= 4 is 22.9 Å². The van der Waals surface area contributed by atoms with E-state index in [1.165, 1.54) is 0 Å². The molecule has 1 N–H and O–H groups in total. The van der Waals surface area contributed by atoms with Crippen LogP contribution >= 0.6 is 11.8 Å². The third-order valence-electron chi connectivity index (χ3n) is 3.90. The molecule has 1 aliphatic carbocycles. The molecule has 0 radical (unpaired) electrons. The number of aromatic nitrogens is 1. The normalized spacial score (nSPS) is 24.0. The zero-order chi connectivity index (χ0) is 14.8. The van der Waals surface area contributed by atoms with Crippen molar-refractivity contribution in [1.29, 1.82) is 0 Å². The molecule has 1 saturated heterocycles. The zero-order valence-electron chi connectivity index (χ0n) is 11.9. The number of unbranched alkanes of at least 4 members (excludes halogenated alkanes) is 1. The number of carbonyl (C=O) groups is 2. The molecule has 3 rings (SSSR count). The number of rotatable bonds is 5. The second-order valence-electron chi connectivity index (χ2n) is 5.38. The number of hydrogen-bond donors (Lipinski definition) is 1. The molecule has 2 amide bonds. The summed E-state index contributed by atoms with van der Waals surface area (Å²) in [5.74, 6) is 0.636. The average molecular weight is 306 g/mol. The number of nitrogens with one attached hydrogen (secondary N) is 1. The van der Waals surface area contributed by atoms with Crippen LogP contribution in [0.15, 0.2) is 12.3 Å². The molecular formula is C15H18N2O3S. The standard InChI is InChI=1S/C15H18N2O3S/c1-2-3-6-20-10-7-9-4-5-11(12(9)16-8-10)13-14(18)17-15(19)21-13/h7-8,11,13H,2-6H2,1H3,(H,17,18,19)/t11-,13?/m1/s1. The van der Waals surface area contributed by atoms with Crippen LogP contribution in [0.4, 0.5) is 4.79 Å². The van der Waals surface area contributed by atoms with Crippen LogP contribution in [0.25, 0.3) is 0 Å². The van der Waals surface area contributed by atoms with Gasteiger partial charge in [0.25, 0.3) is 5.24 Å². The first-order chi connectivity index (χ1) is 10.2. The monoisotopic (exact) mass is 306 g/mol. The van der Waals surface area contributed by atoms with Crippen LogP contribution in [0.1, 0.15) is 43.4 Å². The Bertz CT molecular complexity index is 576. The number of thioether (sulfide) groups is 1. The minimum absolute atomic E-state index is 0.0288. The van der Waals surface area contributed by atoms with Crippen molar-refractivity contribution in [2.75, 3.05) is 6.61 Å². The molecule has 2 aliphatic rings. The van der Waals surface area contributed by atoms with Gasteiger partial charge in [-0.1, -0.05) is 25.1 Å². The van der Waals surface area contributed by atoms with Crippen LogP contribution < -0.4 is 10.1 Å². The van der Waals surface area contributed by atoms with Crippen molar-refractivity contribution in [3.05, 3.63) is 23.5 Å². The van der Waals surface area contributed by atoms with Crippen molar-refractivity contribution in [3.63, 3.8) is 0 Å². The number of imide groups is 1. The zero-order valence-corrected chi connectivity index (χ0v) is 12.7. The highest BCUT2D eigenvalue weighted by molar-refractivity contribution is 8.15. The van der Waals surface area contributed by atoms with E-state index in [9.17, 15) is 9.59 Å². The van der Waals surface area contributed by atoms with Gasteiger partial charge in [-0.2, -0.15) is 0 Å². The van der Waals surface area contributed by atoms with E-state index >= 15 is 0 Å². The van der Waals surface area contributed by atoms with Crippen molar-refractivity contribution in [2.24, 2.45) is 0 Å². The predicted molar refractivity (Wildman–Crippen MR) is 80.6 cm³/mol.